The molecule has 2 aliphatic rings. The van der Waals surface area contributed by atoms with Crippen molar-refractivity contribution in [1.29, 1.82) is 0 Å². The molecule has 0 aromatic carbocycles. The normalized spacial score (nSPS) is 28.5. The summed E-state index contributed by atoms with van der Waals surface area (Å²) in [6.45, 7) is 1.48. The van der Waals surface area contributed by atoms with Crippen molar-refractivity contribution >= 4 is 5.91 Å². The van der Waals surface area contributed by atoms with Crippen LogP contribution in [0.5, 0.6) is 0 Å². The molecule has 1 saturated heterocycles. The summed E-state index contributed by atoms with van der Waals surface area (Å²) in [5, 5.41) is 12.0. The SMILES string of the molecule is O=C(NCC1(CO)CC1)C1CCCCO1. The molecule has 2 fully saturated rings. The first-order valence-corrected chi connectivity index (χ1v) is 5.76. The van der Waals surface area contributed by atoms with E-state index in [0.717, 1.165) is 32.1 Å². The number of hydrogen-bond acceptors (Lipinski definition) is 3. The maximum Gasteiger partial charge on any atom is 0.249 e. The van der Waals surface area contributed by atoms with Crippen LogP contribution in [-0.4, -0.2) is 36.9 Å². The topological polar surface area (TPSA) is 58.6 Å². The fraction of sp³-hybridized carbons (Fsp3) is 0.909. The van der Waals surface area contributed by atoms with Gasteiger partial charge in [-0.2, -0.15) is 0 Å². The second kappa shape index (κ2) is 4.49. The maximum atomic E-state index is 11.7. The summed E-state index contributed by atoms with van der Waals surface area (Å²) < 4.78 is 5.38. The van der Waals surface area contributed by atoms with E-state index in [1.54, 1.807) is 0 Å². The van der Waals surface area contributed by atoms with Crippen molar-refractivity contribution in [3.05, 3.63) is 0 Å². The predicted molar refractivity (Wildman–Crippen MR) is 55.4 cm³/mol. The molecular weight excluding hydrogens is 194 g/mol. The number of ether oxygens (including phenoxy) is 1. The van der Waals surface area contributed by atoms with Gasteiger partial charge in [0.05, 0.1) is 6.61 Å². The Morgan fingerprint density at radius 1 is 1.47 bits per heavy atom. The van der Waals surface area contributed by atoms with Crippen LogP contribution in [0.1, 0.15) is 32.1 Å². The first-order valence-electron chi connectivity index (χ1n) is 5.76. The van der Waals surface area contributed by atoms with Crippen LogP contribution in [0.25, 0.3) is 0 Å². The van der Waals surface area contributed by atoms with Crippen molar-refractivity contribution in [2.45, 2.75) is 38.2 Å². The van der Waals surface area contributed by atoms with Gasteiger partial charge in [0, 0.05) is 18.6 Å². The first kappa shape index (κ1) is 10.9. The monoisotopic (exact) mass is 213 g/mol. The number of amides is 1. The van der Waals surface area contributed by atoms with Crippen LogP contribution in [0.3, 0.4) is 0 Å². The number of rotatable bonds is 4. The van der Waals surface area contributed by atoms with E-state index in [4.69, 9.17) is 9.84 Å². The molecule has 1 aliphatic carbocycles. The highest BCUT2D eigenvalue weighted by atomic mass is 16.5. The van der Waals surface area contributed by atoms with Gasteiger partial charge in [0.2, 0.25) is 5.91 Å². The molecule has 1 aliphatic heterocycles. The van der Waals surface area contributed by atoms with E-state index in [9.17, 15) is 4.79 Å². The van der Waals surface area contributed by atoms with Gasteiger partial charge >= 0.3 is 0 Å². The maximum absolute atomic E-state index is 11.7. The van der Waals surface area contributed by atoms with Gasteiger partial charge in [-0.25, -0.2) is 0 Å². The van der Waals surface area contributed by atoms with Crippen LogP contribution in [0.2, 0.25) is 0 Å². The van der Waals surface area contributed by atoms with Crippen molar-refractivity contribution < 1.29 is 14.6 Å². The van der Waals surface area contributed by atoms with E-state index in [1.807, 2.05) is 0 Å². The molecule has 2 rings (SSSR count). The third-order valence-electron chi connectivity index (χ3n) is 3.40. The lowest BCUT2D eigenvalue weighted by atomic mass is 10.1. The van der Waals surface area contributed by atoms with E-state index in [2.05, 4.69) is 5.32 Å². The lowest BCUT2D eigenvalue weighted by molar-refractivity contribution is -0.135. The zero-order valence-electron chi connectivity index (χ0n) is 9.00. The van der Waals surface area contributed by atoms with Gasteiger partial charge in [-0.3, -0.25) is 4.79 Å². The number of aliphatic hydroxyl groups is 1. The fourth-order valence-electron chi connectivity index (χ4n) is 1.90. The Morgan fingerprint density at radius 2 is 2.27 bits per heavy atom. The minimum absolute atomic E-state index is 0.00516. The van der Waals surface area contributed by atoms with Crippen LogP contribution in [0.15, 0.2) is 0 Å². The summed E-state index contributed by atoms with van der Waals surface area (Å²) in [7, 11) is 0. The molecule has 1 atom stereocenters. The molecule has 2 N–H and O–H groups in total. The smallest absolute Gasteiger partial charge is 0.249 e. The Bertz CT molecular complexity index is 232. The number of aliphatic hydroxyl groups excluding tert-OH is 1. The molecule has 4 nitrogen and oxygen atoms in total. The van der Waals surface area contributed by atoms with Crippen molar-refractivity contribution in [2.24, 2.45) is 5.41 Å². The van der Waals surface area contributed by atoms with Crippen LogP contribution in [0, 0.1) is 5.41 Å². The molecule has 86 valence electrons. The molecule has 1 saturated carbocycles. The van der Waals surface area contributed by atoms with Gasteiger partial charge in [0.15, 0.2) is 0 Å². The summed E-state index contributed by atoms with van der Waals surface area (Å²) >= 11 is 0. The van der Waals surface area contributed by atoms with Gasteiger partial charge < -0.3 is 15.2 Å². The zero-order valence-corrected chi connectivity index (χ0v) is 9.00. The predicted octanol–water partition coefficient (Wildman–Crippen LogP) is 0.444. The Morgan fingerprint density at radius 3 is 2.80 bits per heavy atom. The Balaban J connectivity index is 1.72. The van der Waals surface area contributed by atoms with Crippen molar-refractivity contribution in [2.75, 3.05) is 19.8 Å². The summed E-state index contributed by atoms with van der Waals surface area (Å²) in [5.74, 6) is -0.00516. The Hall–Kier alpha value is -0.610. The van der Waals surface area contributed by atoms with Gasteiger partial charge in [-0.1, -0.05) is 0 Å². The van der Waals surface area contributed by atoms with Crippen LogP contribution >= 0.6 is 0 Å². The molecule has 1 unspecified atom stereocenters. The average Bonchev–Trinajstić information content (AvgIpc) is 3.08. The highest BCUT2D eigenvalue weighted by Crippen LogP contribution is 2.44. The van der Waals surface area contributed by atoms with E-state index >= 15 is 0 Å². The van der Waals surface area contributed by atoms with Crippen LogP contribution in [-0.2, 0) is 9.53 Å². The summed E-state index contributed by atoms with van der Waals surface area (Å²) in [4.78, 5) is 11.7. The molecule has 1 heterocycles. The second-order valence-corrected chi connectivity index (χ2v) is 4.73. The number of carbonyl (C=O) groups is 1. The molecular formula is C11H19NO3. The molecule has 4 heteroatoms. The van der Waals surface area contributed by atoms with Gasteiger partial charge in [-0.15, -0.1) is 0 Å². The van der Waals surface area contributed by atoms with E-state index in [-0.39, 0.29) is 24.0 Å². The minimum Gasteiger partial charge on any atom is -0.396 e. The summed E-state index contributed by atoms with van der Waals surface area (Å²) in [5.41, 5.74) is -0.00960. The molecule has 0 bridgehead atoms. The van der Waals surface area contributed by atoms with Gasteiger partial charge in [0.1, 0.15) is 6.10 Å². The number of hydrogen-bond donors (Lipinski definition) is 2. The average molecular weight is 213 g/mol. The largest absolute Gasteiger partial charge is 0.396 e. The van der Waals surface area contributed by atoms with Crippen molar-refractivity contribution in [3.63, 3.8) is 0 Å². The molecule has 0 aromatic heterocycles. The zero-order chi connectivity index (χ0) is 10.7. The standard InChI is InChI=1S/C11H19NO3/c13-8-11(4-5-11)7-12-10(14)9-3-1-2-6-15-9/h9,13H,1-8H2,(H,12,14). The second-order valence-electron chi connectivity index (χ2n) is 4.73. The first-order chi connectivity index (χ1) is 7.26. The minimum atomic E-state index is -0.256. The Kier molecular flexibility index (Phi) is 3.26. The summed E-state index contributed by atoms with van der Waals surface area (Å²) in [6.07, 6.45) is 4.75. The van der Waals surface area contributed by atoms with E-state index in [1.165, 1.54) is 0 Å². The fourth-order valence-corrected chi connectivity index (χ4v) is 1.90. The third kappa shape index (κ3) is 2.69. The lowest BCUT2D eigenvalue weighted by Crippen LogP contribution is -2.41. The highest BCUT2D eigenvalue weighted by Gasteiger charge is 2.42. The number of carbonyl (C=O) groups excluding carboxylic acids is 1. The van der Waals surface area contributed by atoms with E-state index in [0.29, 0.717) is 13.2 Å². The quantitative estimate of drug-likeness (QED) is 0.712. The lowest BCUT2D eigenvalue weighted by Gasteiger charge is -2.22. The molecule has 0 radical (unpaired) electrons. The molecule has 15 heavy (non-hydrogen) atoms. The van der Waals surface area contributed by atoms with Gasteiger partial charge in [0.25, 0.3) is 0 Å². The van der Waals surface area contributed by atoms with Crippen LogP contribution in [0.4, 0.5) is 0 Å². The summed E-state index contributed by atoms with van der Waals surface area (Å²) in [6, 6.07) is 0. The highest BCUT2D eigenvalue weighted by molar-refractivity contribution is 5.80. The number of nitrogens with one attached hydrogen (secondary N) is 1. The van der Waals surface area contributed by atoms with Crippen LogP contribution < -0.4 is 5.32 Å². The molecule has 1 amide bonds. The molecule has 0 aromatic rings. The van der Waals surface area contributed by atoms with Crippen molar-refractivity contribution in [1.82, 2.24) is 5.32 Å². The van der Waals surface area contributed by atoms with Crippen molar-refractivity contribution in [3.8, 4) is 0 Å². The third-order valence-corrected chi connectivity index (χ3v) is 3.40. The van der Waals surface area contributed by atoms with E-state index < -0.39 is 0 Å². The molecule has 0 spiro atoms. The van der Waals surface area contributed by atoms with Gasteiger partial charge in [-0.05, 0) is 32.1 Å². The Labute approximate surface area is 90.0 Å².